The van der Waals surface area contributed by atoms with Crippen molar-refractivity contribution in [1.29, 1.82) is 0 Å². The summed E-state index contributed by atoms with van der Waals surface area (Å²) in [5.74, 6) is 0. The molecule has 0 aromatic carbocycles. The van der Waals surface area contributed by atoms with Gasteiger partial charge in [-0.15, -0.1) is 5.10 Å². The molecule has 0 aliphatic heterocycles. The standard InChI is InChI=1S/C11H20N4O3S/c1-6-14(7-2)10(16)15-8-12-9(13-15)19(17,18)11(3,4)5/h8H,6-7H2,1-5H3. The van der Waals surface area contributed by atoms with Crippen LogP contribution in [0.5, 0.6) is 0 Å². The molecule has 0 N–H and O–H groups in total. The Bertz CT molecular complexity index is 553. The molecule has 1 heterocycles. The Labute approximate surface area is 113 Å². The predicted molar refractivity (Wildman–Crippen MR) is 70.7 cm³/mol. The maximum absolute atomic E-state index is 12.1. The van der Waals surface area contributed by atoms with E-state index in [0.717, 1.165) is 11.0 Å². The Morgan fingerprint density at radius 3 is 2.26 bits per heavy atom. The SMILES string of the molecule is CCN(CC)C(=O)n1cnc(S(=O)(=O)C(C)(C)C)n1. The molecule has 0 aliphatic carbocycles. The van der Waals surface area contributed by atoms with Gasteiger partial charge in [-0.05, 0) is 34.6 Å². The third-order valence-corrected chi connectivity index (χ3v) is 5.03. The normalized spacial score (nSPS) is 12.5. The van der Waals surface area contributed by atoms with Crippen molar-refractivity contribution in [3.8, 4) is 0 Å². The maximum Gasteiger partial charge on any atom is 0.346 e. The zero-order chi connectivity index (χ0) is 14.8. The number of aromatic nitrogens is 3. The molecular formula is C11H20N4O3S. The van der Waals surface area contributed by atoms with Crippen molar-refractivity contribution in [2.24, 2.45) is 0 Å². The summed E-state index contributed by atoms with van der Waals surface area (Å²) in [6.07, 6.45) is 1.14. The van der Waals surface area contributed by atoms with Crippen LogP contribution in [0.4, 0.5) is 4.79 Å². The lowest BCUT2D eigenvalue weighted by molar-refractivity contribution is 0.201. The first-order valence-corrected chi connectivity index (χ1v) is 7.59. The zero-order valence-electron chi connectivity index (χ0n) is 11.9. The van der Waals surface area contributed by atoms with Gasteiger partial charge >= 0.3 is 6.03 Å². The highest BCUT2D eigenvalue weighted by molar-refractivity contribution is 7.92. The molecule has 0 atom stereocenters. The highest BCUT2D eigenvalue weighted by atomic mass is 32.2. The summed E-state index contributed by atoms with van der Waals surface area (Å²) in [6, 6.07) is -0.382. The Morgan fingerprint density at radius 2 is 1.84 bits per heavy atom. The van der Waals surface area contributed by atoms with Crippen molar-refractivity contribution < 1.29 is 13.2 Å². The number of sulfone groups is 1. The van der Waals surface area contributed by atoms with Gasteiger partial charge in [0, 0.05) is 13.1 Å². The van der Waals surface area contributed by atoms with Gasteiger partial charge < -0.3 is 4.90 Å². The molecule has 0 saturated carbocycles. The van der Waals surface area contributed by atoms with Crippen LogP contribution in [0, 0.1) is 0 Å². The fourth-order valence-corrected chi connectivity index (χ4v) is 2.31. The Hall–Kier alpha value is -1.44. The minimum atomic E-state index is -3.64. The van der Waals surface area contributed by atoms with E-state index in [-0.39, 0.29) is 11.2 Å². The van der Waals surface area contributed by atoms with E-state index in [1.165, 1.54) is 4.90 Å². The van der Waals surface area contributed by atoms with Crippen molar-refractivity contribution >= 4 is 15.9 Å². The Balaban J connectivity index is 3.12. The Morgan fingerprint density at radius 1 is 1.32 bits per heavy atom. The average Bonchev–Trinajstić information content (AvgIpc) is 2.78. The summed E-state index contributed by atoms with van der Waals surface area (Å²) in [5, 5.41) is 3.47. The van der Waals surface area contributed by atoms with Gasteiger partial charge in [-0.3, -0.25) is 0 Å². The van der Waals surface area contributed by atoms with Crippen LogP contribution >= 0.6 is 0 Å². The van der Waals surface area contributed by atoms with E-state index in [2.05, 4.69) is 10.1 Å². The highest BCUT2D eigenvalue weighted by Gasteiger charge is 2.35. The van der Waals surface area contributed by atoms with E-state index in [4.69, 9.17) is 0 Å². The van der Waals surface area contributed by atoms with E-state index >= 15 is 0 Å². The van der Waals surface area contributed by atoms with Crippen LogP contribution in [0.1, 0.15) is 34.6 Å². The third-order valence-electron chi connectivity index (χ3n) is 2.75. The lowest BCUT2D eigenvalue weighted by atomic mass is 10.3. The number of nitrogens with zero attached hydrogens (tertiary/aromatic N) is 4. The second-order valence-electron chi connectivity index (χ2n) is 5.04. The van der Waals surface area contributed by atoms with Crippen molar-refractivity contribution in [2.75, 3.05) is 13.1 Å². The topological polar surface area (TPSA) is 85.2 Å². The zero-order valence-corrected chi connectivity index (χ0v) is 12.7. The van der Waals surface area contributed by atoms with Gasteiger partial charge in [-0.2, -0.15) is 4.68 Å². The van der Waals surface area contributed by atoms with Gasteiger partial charge in [0.15, 0.2) is 0 Å². The molecule has 0 saturated heterocycles. The van der Waals surface area contributed by atoms with Crippen molar-refractivity contribution in [2.45, 2.75) is 44.5 Å². The largest absolute Gasteiger partial charge is 0.346 e. The molecule has 1 aromatic heterocycles. The fraction of sp³-hybridized carbons (Fsp3) is 0.727. The van der Waals surface area contributed by atoms with Gasteiger partial charge in [0.1, 0.15) is 6.33 Å². The van der Waals surface area contributed by atoms with E-state index in [1.807, 2.05) is 13.8 Å². The number of carbonyl (C=O) groups excluding carboxylic acids is 1. The molecule has 0 radical (unpaired) electrons. The number of hydrogen-bond donors (Lipinski definition) is 0. The molecule has 0 fully saturated rings. The lowest BCUT2D eigenvalue weighted by Gasteiger charge is -2.17. The minimum Gasteiger partial charge on any atom is -0.323 e. The van der Waals surface area contributed by atoms with E-state index in [0.29, 0.717) is 13.1 Å². The first kappa shape index (κ1) is 15.6. The summed E-state index contributed by atoms with van der Waals surface area (Å²) in [4.78, 5) is 17.3. The molecule has 108 valence electrons. The van der Waals surface area contributed by atoms with E-state index < -0.39 is 14.6 Å². The monoisotopic (exact) mass is 288 g/mol. The molecule has 1 aromatic rings. The second-order valence-corrected chi connectivity index (χ2v) is 7.64. The van der Waals surface area contributed by atoms with Crippen LogP contribution in [0.25, 0.3) is 0 Å². The highest BCUT2D eigenvalue weighted by Crippen LogP contribution is 2.21. The summed E-state index contributed by atoms with van der Waals surface area (Å²) in [7, 11) is -3.64. The number of rotatable bonds is 3. The third kappa shape index (κ3) is 2.94. The number of carbonyl (C=O) groups is 1. The summed E-state index contributed by atoms with van der Waals surface area (Å²) in [5.41, 5.74) is 0. The summed E-state index contributed by atoms with van der Waals surface area (Å²) >= 11 is 0. The van der Waals surface area contributed by atoms with Crippen LogP contribution in [0.15, 0.2) is 11.5 Å². The van der Waals surface area contributed by atoms with Gasteiger partial charge in [0.25, 0.3) is 5.16 Å². The number of amides is 1. The van der Waals surface area contributed by atoms with Crippen molar-refractivity contribution in [3.63, 3.8) is 0 Å². The molecule has 0 spiro atoms. The fourth-order valence-electron chi connectivity index (χ4n) is 1.38. The molecular weight excluding hydrogens is 268 g/mol. The second kappa shape index (κ2) is 5.28. The smallest absolute Gasteiger partial charge is 0.323 e. The first-order valence-electron chi connectivity index (χ1n) is 6.10. The molecule has 1 amide bonds. The summed E-state index contributed by atoms with van der Waals surface area (Å²) < 4.78 is 24.2. The summed E-state index contributed by atoms with van der Waals surface area (Å²) in [6.45, 7) is 9.42. The molecule has 19 heavy (non-hydrogen) atoms. The molecule has 7 nitrogen and oxygen atoms in total. The van der Waals surface area contributed by atoms with Crippen molar-refractivity contribution in [1.82, 2.24) is 19.7 Å². The van der Waals surface area contributed by atoms with Crippen molar-refractivity contribution in [3.05, 3.63) is 6.33 Å². The van der Waals surface area contributed by atoms with Gasteiger partial charge in [-0.25, -0.2) is 18.2 Å². The molecule has 0 bridgehead atoms. The van der Waals surface area contributed by atoms with Gasteiger partial charge in [-0.1, -0.05) is 0 Å². The maximum atomic E-state index is 12.1. The quantitative estimate of drug-likeness (QED) is 0.833. The van der Waals surface area contributed by atoms with Gasteiger partial charge in [0.2, 0.25) is 9.84 Å². The van der Waals surface area contributed by atoms with E-state index in [1.54, 1.807) is 20.8 Å². The first-order chi connectivity index (χ1) is 8.65. The molecule has 1 rings (SSSR count). The van der Waals surface area contributed by atoms with Gasteiger partial charge in [0.05, 0.1) is 4.75 Å². The molecule has 0 unspecified atom stereocenters. The van der Waals surface area contributed by atoms with E-state index in [9.17, 15) is 13.2 Å². The predicted octanol–water partition coefficient (Wildman–Crippen LogP) is 1.16. The number of hydrogen-bond acceptors (Lipinski definition) is 5. The van der Waals surface area contributed by atoms with Crippen LogP contribution in [0.3, 0.4) is 0 Å². The Kier molecular flexibility index (Phi) is 4.34. The minimum absolute atomic E-state index is 0.319. The van der Waals surface area contributed by atoms with Crippen LogP contribution in [-0.2, 0) is 9.84 Å². The molecule has 0 aliphatic rings. The van der Waals surface area contributed by atoms with Crippen LogP contribution in [0.2, 0.25) is 0 Å². The lowest BCUT2D eigenvalue weighted by Crippen LogP contribution is -2.35. The van der Waals surface area contributed by atoms with Crippen LogP contribution in [-0.4, -0.2) is 51.9 Å². The average molecular weight is 288 g/mol. The molecule has 8 heteroatoms. The van der Waals surface area contributed by atoms with Crippen LogP contribution < -0.4 is 0 Å².